The molecule has 0 saturated carbocycles. The van der Waals surface area contributed by atoms with Crippen LogP contribution in [0.15, 0.2) is 18.2 Å². The highest BCUT2D eigenvalue weighted by atomic mass is 16.6. The molecule has 1 aromatic rings. The largest absolute Gasteiger partial charge is 0.325 e. The lowest BCUT2D eigenvalue weighted by Gasteiger charge is -2.18. The second kappa shape index (κ2) is 7.14. The van der Waals surface area contributed by atoms with E-state index >= 15 is 0 Å². The van der Waals surface area contributed by atoms with Crippen LogP contribution in [0.25, 0.3) is 0 Å². The molecule has 1 fully saturated rings. The number of anilines is 1. The van der Waals surface area contributed by atoms with Gasteiger partial charge in [0.2, 0.25) is 5.91 Å². The van der Waals surface area contributed by atoms with Crippen molar-refractivity contribution in [1.82, 2.24) is 10.2 Å². The number of amides is 1. The number of hydrogen-bond donors (Lipinski definition) is 2. The van der Waals surface area contributed by atoms with Gasteiger partial charge in [-0.15, -0.1) is 0 Å². The molecule has 0 bridgehead atoms. The Labute approximate surface area is 123 Å². The van der Waals surface area contributed by atoms with Crippen LogP contribution in [0.4, 0.5) is 11.4 Å². The molecule has 1 amide bonds. The summed E-state index contributed by atoms with van der Waals surface area (Å²) < 4.78 is 0. The van der Waals surface area contributed by atoms with E-state index in [4.69, 9.17) is 0 Å². The molecule has 0 spiro atoms. The molecule has 7 nitrogen and oxygen atoms in total. The van der Waals surface area contributed by atoms with E-state index in [0.29, 0.717) is 17.8 Å². The molecule has 0 radical (unpaired) electrons. The van der Waals surface area contributed by atoms with Crippen LogP contribution in [0.3, 0.4) is 0 Å². The fraction of sp³-hybridized carbons (Fsp3) is 0.500. The maximum Gasteiger partial charge on any atom is 0.274 e. The summed E-state index contributed by atoms with van der Waals surface area (Å²) in [5.41, 5.74) is 1.06. The van der Waals surface area contributed by atoms with Crippen LogP contribution in [0.2, 0.25) is 0 Å². The maximum atomic E-state index is 12.0. The van der Waals surface area contributed by atoms with Gasteiger partial charge in [0.05, 0.1) is 11.5 Å². The molecule has 1 aromatic carbocycles. The molecule has 21 heavy (non-hydrogen) atoms. The van der Waals surface area contributed by atoms with Gasteiger partial charge in [-0.2, -0.15) is 0 Å². The number of benzene rings is 1. The number of carbonyl (C=O) groups excluding carboxylic acids is 1. The molecule has 0 aliphatic carbocycles. The van der Waals surface area contributed by atoms with Gasteiger partial charge < -0.3 is 10.6 Å². The summed E-state index contributed by atoms with van der Waals surface area (Å²) in [5.74, 6) is -0.143. The Hall–Kier alpha value is -1.99. The second-order valence-corrected chi connectivity index (χ2v) is 5.19. The number of nitro groups is 1. The van der Waals surface area contributed by atoms with Crippen molar-refractivity contribution in [3.63, 3.8) is 0 Å². The van der Waals surface area contributed by atoms with Crippen molar-refractivity contribution in [2.45, 2.75) is 13.3 Å². The molecule has 1 heterocycles. The smallest absolute Gasteiger partial charge is 0.274 e. The van der Waals surface area contributed by atoms with E-state index < -0.39 is 4.92 Å². The second-order valence-electron chi connectivity index (χ2n) is 5.19. The summed E-state index contributed by atoms with van der Waals surface area (Å²) in [5, 5.41) is 16.9. The minimum Gasteiger partial charge on any atom is -0.325 e. The molecule has 1 aliphatic rings. The first kappa shape index (κ1) is 15.4. The van der Waals surface area contributed by atoms with Crippen molar-refractivity contribution < 1.29 is 9.72 Å². The monoisotopic (exact) mass is 292 g/mol. The fourth-order valence-electron chi connectivity index (χ4n) is 2.35. The van der Waals surface area contributed by atoms with Crippen molar-refractivity contribution in [3.8, 4) is 0 Å². The fourth-order valence-corrected chi connectivity index (χ4v) is 2.35. The lowest BCUT2D eigenvalue weighted by atomic mass is 10.2. The molecule has 0 unspecified atom stereocenters. The lowest BCUT2D eigenvalue weighted by Crippen LogP contribution is -2.35. The minimum absolute atomic E-state index is 0.0202. The first-order valence-electron chi connectivity index (χ1n) is 7.04. The van der Waals surface area contributed by atoms with Gasteiger partial charge in [-0.05, 0) is 32.5 Å². The van der Waals surface area contributed by atoms with Crippen LogP contribution in [-0.4, -0.2) is 48.5 Å². The van der Waals surface area contributed by atoms with E-state index in [1.54, 1.807) is 19.1 Å². The Balaban J connectivity index is 1.95. The van der Waals surface area contributed by atoms with Gasteiger partial charge in [0.1, 0.15) is 0 Å². The van der Waals surface area contributed by atoms with Gasteiger partial charge >= 0.3 is 0 Å². The third-order valence-electron chi connectivity index (χ3n) is 3.49. The molecule has 1 aliphatic heterocycles. The Morgan fingerprint density at radius 3 is 3.00 bits per heavy atom. The predicted molar refractivity (Wildman–Crippen MR) is 80.4 cm³/mol. The number of carbonyl (C=O) groups is 1. The molecule has 0 atom stereocenters. The highest BCUT2D eigenvalue weighted by Crippen LogP contribution is 2.22. The number of hydrogen-bond acceptors (Lipinski definition) is 5. The molecule has 2 N–H and O–H groups in total. The maximum absolute atomic E-state index is 12.0. The predicted octanol–water partition coefficient (Wildman–Crippen LogP) is 1.14. The van der Waals surface area contributed by atoms with Crippen LogP contribution in [0.5, 0.6) is 0 Å². The topological polar surface area (TPSA) is 87.5 Å². The minimum atomic E-state index is -0.439. The van der Waals surface area contributed by atoms with E-state index in [0.717, 1.165) is 32.6 Å². The van der Waals surface area contributed by atoms with Crippen LogP contribution < -0.4 is 10.6 Å². The molecule has 114 valence electrons. The number of nitrogens with one attached hydrogen (secondary N) is 2. The van der Waals surface area contributed by atoms with E-state index in [1.807, 2.05) is 0 Å². The van der Waals surface area contributed by atoms with Crippen LogP contribution >= 0.6 is 0 Å². The highest BCUT2D eigenvalue weighted by Gasteiger charge is 2.15. The Bertz CT molecular complexity index is 525. The molecular formula is C14H20N4O3. The third-order valence-corrected chi connectivity index (χ3v) is 3.49. The summed E-state index contributed by atoms with van der Waals surface area (Å²) in [7, 11) is 0. The molecule has 0 aromatic heterocycles. The van der Waals surface area contributed by atoms with E-state index in [2.05, 4.69) is 15.5 Å². The summed E-state index contributed by atoms with van der Waals surface area (Å²) in [4.78, 5) is 24.6. The lowest BCUT2D eigenvalue weighted by molar-refractivity contribution is -0.385. The summed E-state index contributed by atoms with van der Waals surface area (Å²) in [6.45, 7) is 5.55. The average molecular weight is 292 g/mol. The molecule has 2 rings (SSSR count). The zero-order chi connectivity index (χ0) is 15.2. The normalized spacial score (nSPS) is 16.2. The summed E-state index contributed by atoms with van der Waals surface area (Å²) in [6, 6.07) is 4.73. The average Bonchev–Trinajstić information content (AvgIpc) is 2.69. The molecule has 1 saturated heterocycles. The number of aryl methyl sites for hydroxylation is 1. The van der Waals surface area contributed by atoms with Crippen LogP contribution in [-0.2, 0) is 4.79 Å². The number of nitrogens with zero attached hydrogens (tertiary/aromatic N) is 2. The van der Waals surface area contributed by atoms with Gasteiger partial charge in [0.15, 0.2) is 0 Å². The standard InChI is InChI=1S/C14H20N4O3/c1-11-3-4-12(9-13(11)18(20)21)16-14(19)10-17-7-2-5-15-6-8-17/h3-4,9,15H,2,5-8,10H2,1H3,(H,16,19). The first-order valence-corrected chi connectivity index (χ1v) is 7.04. The van der Waals surface area contributed by atoms with E-state index in [9.17, 15) is 14.9 Å². The molecular weight excluding hydrogens is 272 g/mol. The highest BCUT2D eigenvalue weighted by molar-refractivity contribution is 5.92. The van der Waals surface area contributed by atoms with Gasteiger partial charge in [0, 0.05) is 30.4 Å². The van der Waals surface area contributed by atoms with Crippen LogP contribution in [0, 0.1) is 17.0 Å². The zero-order valence-electron chi connectivity index (χ0n) is 12.1. The summed E-state index contributed by atoms with van der Waals surface area (Å²) >= 11 is 0. The number of rotatable bonds is 4. The van der Waals surface area contributed by atoms with E-state index in [1.165, 1.54) is 6.07 Å². The first-order chi connectivity index (χ1) is 10.1. The van der Waals surface area contributed by atoms with Crippen molar-refractivity contribution >= 4 is 17.3 Å². The van der Waals surface area contributed by atoms with E-state index in [-0.39, 0.29) is 11.6 Å². The SMILES string of the molecule is Cc1ccc(NC(=O)CN2CCCNCC2)cc1[N+](=O)[O-]. The van der Waals surface area contributed by atoms with Crippen molar-refractivity contribution in [2.75, 3.05) is 38.0 Å². The van der Waals surface area contributed by atoms with Gasteiger partial charge in [-0.3, -0.25) is 19.8 Å². The Morgan fingerprint density at radius 1 is 1.43 bits per heavy atom. The van der Waals surface area contributed by atoms with Crippen LogP contribution in [0.1, 0.15) is 12.0 Å². The Morgan fingerprint density at radius 2 is 2.24 bits per heavy atom. The van der Waals surface area contributed by atoms with Crippen molar-refractivity contribution in [3.05, 3.63) is 33.9 Å². The van der Waals surface area contributed by atoms with Gasteiger partial charge in [-0.25, -0.2) is 0 Å². The third kappa shape index (κ3) is 4.51. The molecule has 7 heteroatoms. The number of nitro benzene ring substituents is 1. The van der Waals surface area contributed by atoms with Gasteiger partial charge in [0.25, 0.3) is 5.69 Å². The Kier molecular flexibility index (Phi) is 5.24. The van der Waals surface area contributed by atoms with Crippen molar-refractivity contribution in [2.24, 2.45) is 0 Å². The quantitative estimate of drug-likeness (QED) is 0.642. The van der Waals surface area contributed by atoms with Crippen molar-refractivity contribution in [1.29, 1.82) is 0 Å². The van der Waals surface area contributed by atoms with Gasteiger partial charge in [-0.1, -0.05) is 6.07 Å². The zero-order valence-corrected chi connectivity index (χ0v) is 12.1. The summed E-state index contributed by atoms with van der Waals surface area (Å²) in [6.07, 6.45) is 1.02.